The molecule has 3 rings (SSSR count). The van der Waals surface area contributed by atoms with Gasteiger partial charge in [-0.15, -0.1) is 0 Å². The van der Waals surface area contributed by atoms with Crippen molar-refractivity contribution in [1.29, 1.82) is 0 Å². The van der Waals surface area contributed by atoms with Crippen LogP contribution >= 0.6 is 0 Å². The molecule has 2 aromatic rings. The molecule has 0 aromatic heterocycles. The molecule has 26 heavy (non-hydrogen) atoms. The fraction of sp³-hybridized carbons (Fsp3) is 0.455. The van der Waals surface area contributed by atoms with E-state index >= 15 is 0 Å². The van der Waals surface area contributed by atoms with Crippen LogP contribution in [-0.2, 0) is 4.79 Å². The Balaban J connectivity index is 1.84. The number of amides is 2. The van der Waals surface area contributed by atoms with Gasteiger partial charge in [-0.3, -0.25) is 9.59 Å². The van der Waals surface area contributed by atoms with Crippen molar-refractivity contribution in [3.63, 3.8) is 0 Å². The van der Waals surface area contributed by atoms with Crippen LogP contribution in [0.1, 0.15) is 62.2 Å². The van der Waals surface area contributed by atoms with Gasteiger partial charge < -0.3 is 10.6 Å². The highest BCUT2D eigenvalue weighted by molar-refractivity contribution is 6.08. The molecule has 4 heteroatoms. The summed E-state index contributed by atoms with van der Waals surface area (Å²) in [6, 6.07) is 13.6. The second-order valence-corrected chi connectivity index (χ2v) is 7.23. The van der Waals surface area contributed by atoms with Crippen molar-refractivity contribution >= 4 is 22.6 Å². The lowest BCUT2D eigenvalue weighted by Gasteiger charge is -2.36. The van der Waals surface area contributed by atoms with Gasteiger partial charge in [0.15, 0.2) is 0 Å². The van der Waals surface area contributed by atoms with Gasteiger partial charge in [0, 0.05) is 12.1 Å². The van der Waals surface area contributed by atoms with E-state index in [2.05, 4.69) is 17.6 Å². The highest BCUT2D eigenvalue weighted by Gasteiger charge is 2.40. The summed E-state index contributed by atoms with van der Waals surface area (Å²) in [6.07, 6.45) is 6.47. The largest absolute Gasteiger partial charge is 0.354 e. The van der Waals surface area contributed by atoms with Crippen LogP contribution in [0.5, 0.6) is 0 Å². The Kier molecular flexibility index (Phi) is 5.92. The van der Waals surface area contributed by atoms with E-state index in [0.717, 1.165) is 42.9 Å². The second kappa shape index (κ2) is 8.35. The molecule has 1 aliphatic rings. The minimum absolute atomic E-state index is 0.0285. The van der Waals surface area contributed by atoms with E-state index < -0.39 is 5.54 Å². The van der Waals surface area contributed by atoms with Gasteiger partial charge in [0.05, 0.1) is 0 Å². The number of hydrogen-bond donors (Lipinski definition) is 2. The first-order chi connectivity index (χ1) is 12.7. The van der Waals surface area contributed by atoms with Gasteiger partial charge in [0.2, 0.25) is 5.91 Å². The molecule has 2 N–H and O–H groups in total. The van der Waals surface area contributed by atoms with Gasteiger partial charge in [0.25, 0.3) is 5.91 Å². The maximum absolute atomic E-state index is 13.1. The third kappa shape index (κ3) is 3.90. The molecule has 0 radical (unpaired) electrons. The smallest absolute Gasteiger partial charge is 0.252 e. The van der Waals surface area contributed by atoms with E-state index in [1.807, 2.05) is 42.5 Å². The Hall–Kier alpha value is -2.36. The fourth-order valence-corrected chi connectivity index (χ4v) is 3.82. The van der Waals surface area contributed by atoms with Crippen molar-refractivity contribution in [3.05, 3.63) is 48.0 Å². The SMILES string of the molecule is CCCCNC(=O)C1(NC(=O)c2cccc3ccccc23)CCCCC1. The van der Waals surface area contributed by atoms with E-state index in [0.29, 0.717) is 24.9 Å². The lowest BCUT2D eigenvalue weighted by atomic mass is 9.80. The zero-order chi connectivity index (χ0) is 18.4. The van der Waals surface area contributed by atoms with Crippen LogP contribution in [0.3, 0.4) is 0 Å². The maximum atomic E-state index is 13.1. The standard InChI is InChI=1S/C22H28N2O2/c1-2-3-16-23-21(26)22(14-7-4-8-15-22)24-20(25)19-13-9-11-17-10-5-6-12-18(17)19/h5-6,9-13H,2-4,7-8,14-16H2,1H3,(H,23,26)(H,24,25). The number of rotatable bonds is 6. The van der Waals surface area contributed by atoms with E-state index in [4.69, 9.17) is 0 Å². The van der Waals surface area contributed by atoms with Crippen molar-refractivity contribution in [1.82, 2.24) is 10.6 Å². The second-order valence-electron chi connectivity index (χ2n) is 7.23. The Morgan fingerprint density at radius 2 is 1.73 bits per heavy atom. The van der Waals surface area contributed by atoms with E-state index in [1.54, 1.807) is 0 Å². The molecule has 1 saturated carbocycles. The molecule has 4 nitrogen and oxygen atoms in total. The van der Waals surface area contributed by atoms with Crippen molar-refractivity contribution < 1.29 is 9.59 Å². The average Bonchev–Trinajstić information content (AvgIpc) is 2.68. The number of benzene rings is 2. The average molecular weight is 352 g/mol. The predicted molar refractivity (Wildman–Crippen MR) is 105 cm³/mol. The third-order valence-electron chi connectivity index (χ3n) is 5.34. The summed E-state index contributed by atoms with van der Waals surface area (Å²) in [5.41, 5.74) is -0.144. The van der Waals surface area contributed by atoms with Gasteiger partial charge in [-0.05, 0) is 36.1 Å². The summed E-state index contributed by atoms with van der Waals surface area (Å²) in [7, 11) is 0. The zero-order valence-electron chi connectivity index (χ0n) is 15.5. The van der Waals surface area contributed by atoms with Crippen LogP contribution in [-0.4, -0.2) is 23.9 Å². The zero-order valence-corrected chi connectivity index (χ0v) is 15.5. The molecular weight excluding hydrogens is 324 g/mol. The number of nitrogens with one attached hydrogen (secondary N) is 2. The molecule has 0 aliphatic heterocycles. The topological polar surface area (TPSA) is 58.2 Å². The summed E-state index contributed by atoms with van der Waals surface area (Å²) < 4.78 is 0. The molecule has 0 heterocycles. The number of carbonyl (C=O) groups excluding carboxylic acids is 2. The van der Waals surface area contributed by atoms with Crippen LogP contribution in [0.25, 0.3) is 10.8 Å². The van der Waals surface area contributed by atoms with E-state index in [-0.39, 0.29) is 11.8 Å². The normalized spacial score (nSPS) is 16.2. The van der Waals surface area contributed by atoms with Crippen molar-refractivity contribution in [2.45, 2.75) is 57.4 Å². The molecule has 1 aliphatic carbocycles. The molecule has 0 bridgehead atoms. The first-order valence-electron chi connectivity index (χ1n) is 9.75. The monoisotopic (exact) mass is 352 g/mol. The van der Waals surface area contributed by atoms with E-state index in [1.165, 1.54) is 0 Å². The molecule has 1 fully saturated rings. The van der Waals surface area contributed by atoms with Gasteiger partial charge in [-0.2, -0.15) is 0 Å². The highest BCUT2D eigenvalue weighted by atomic mass is 16.2. The lowest BCUT2D eigenvalue weighted by molar-refractivity contribution is -0.128. The summed E-state index contributed by atoms with van der Waals surface area (Å²) in [5.74, 6) is -0.187. The Bertz CT molecular complexity index is 773. The third-order valence-corrected chi connectivity index (χ3v) is 5.34. The minimum Gasteiger partial charge on any atom is -0.354 e. The lowest BCUT2D eigenvalue weighted by Crippen LogP contribution is -2.59. The molecule has 0 unspecified atom stereocenters. The number of carbonyl (C=O) groups is 2. The van der Waals surface area contributed by atoms with E-state index in [9.17, 15) is 9.59 Å². The Morgan fingerprint density at radius 1 is 1.00 bits per heavy atom. The Morgan fingerprint density at radius 3 is 2.50 bits per heavy atom. The molecule has 0 saturated heterocycles. The van der Waals surface area contributed by atoms with Crippen LogP contribution in [0.4, 0.5) is 0 Å². The number of fused-ring (bicyclic) bond motifs is 1. The van der Waals surface area contributed by atoms with Crippen LogP contribution < -0.4 is 10.6 Å². The van der Waals surface area contributed by atoms with Gasteiger partial charge in [0.1, 0.15) is 5.54 Å². The van der Waals surface area contributed by atoms with Gasteiger partial charge in [-0.1, -0.05) is 69.0 Å². The first-order valence-corrected chi connectivity index (χ1v) is 9.75. The maximum Gasteiger partial charge on any atom is 0.252 e. The molecule has 0 spiro atoms. The molecular formula is C22H28N2O2. The fourth-order valence-electron chi connectivity index (χ4n) is 3.82. The molecule has 138 valence electrons. The van der Waals surface area contributed by atoms with Gasteiger partial charge >= 0.3 is 0 Å². The van der Waals surface area contributed by atoms with Crippen molar-refractivity contribution in [2.75, 3.05) is 6.54 Å². The number of unbranched alkanes of at least 4 members (excludes halogenated alkanes) is 1. The number of hydrogen-bond acceptors (Lipinski definition) is 2. The summed E-state index contributed by atoms with van der Waals surface area (Å²) >= 11 is 0. The molecule has 0 atom stereocenters. The highest BCUT2D eigenvalue weighted by Crippen LogP contribution is 2.29. The van der Waals surface area contributed by atoms with Crippen LogP contribution in [0, 0.1) is 0 Å². The van der Waals surface area contributed by atoms with Crippen LogP contribution in [0.2, 0.25) is 0 Å². The predicted octanol–water partition coefficient (Wildman–Crippen LogP) is 4.19. The van der Waals surface area contributed by atoms with Crippen molar-refractivity contribution in [3.8, 4) is 0 Å². The summed E-state index contributed by atoms with van der Waals surface area (Å²) in [5, 5.41) is 8.10. The Labute approximate surface area is 155 Å². The first kappa shape index (κ1) is 18.4. The minimum atomic E-state index is -0.778. The summed E-state index contributed by atoms with van der Waals surface area (Å²) in [6.45, 7) is 2.77. The molecule has 2 amide bonds. The van der Waals surface area contributed by atoms with Crippen LogP contribution in [0.15, 0.2) is 42.5 Å². The van der Waals surface area contributed by atoms with Crippen molar-refractivity contribution in [2.24, 2.45) is 0 Å². The quantitative estimate of drug-likeness (QED) is 0.766. The van der Waals surface area contributed by atoms with Gasteiger partial charge in [-0.25, -0.2) is 0 Å². The molecule has 2 aromatic carbocycles. The summed E-state index contributed by atoms with van der Waals surface area (Å²) in [4.78, 5) is 26.0.